The Labute approximate surface area is 124 Å². The van der Waals surface area contributed by atoms with Crippen molar-refractivity contribution in [2.45, 2.75) is 26.9 Å². The second-order valence-electron chi connectivity index (χ2n) is 5.19. The molecule has 2 heterocycles. The SMILES string of the molecule is Cc1ccc(CN(CC(=O)O)Cc2ccc(C)cn2)nc1. The average Bonchev–Trinajstić information content (AvgIpc) is 2.43. The summed E-state index contributed by atoms with van der Waals surface area (Å²) in [6, 6.07) is 7.80. The molecule has 5 heteroatoms. The van der Waals surface area contributed by atoms with E-state index < -0.39 is 5.97 Å². The van der Waals surface area contributed by atoms with Gasteiger partial charge in [0.25, 0.3) is 0 Å². The van der Waals surface area contributed by atoms with Crippen molar-refractivity contribution in [1.29, 1.82) is 0 Å². The van der Waals surface area contributed by atoms with E-state index in [1.165, 1.54) is 0 Å². The van der Waals surface area contributed by atoms with Crippen molar-refractivity contribution in [2.75, 3.05) is 6.54 Å². The molecule has 0 aliphatic heterocycles. The van der Waals surface area contributed by atoms with E-state index in [4.69, 9.17) is 5.11 Å². The predicted octanol–water partition coefficient (Wildman–Crippen LogP) is 2.18. The summed E-state index contributed by atoms with van der Waals surface area (Å²) in [5.74, 6) is -0.853. The fourth-order valence-electron chi connectivity index (χ4n) is 2.00. The summed E-state index contributed by atoms with van der Waals surface area (Å²) in [4.78, 5) is 21.5. The first-order valence-electron chi connectivity index (χ1n) is 6.80. The van der Waals surface area contributed by atoms with Crippen molar-refractivity contribution in [3.8, 4) is 0 Å². The lowest BCUT2D eigenvalue weighted by Crippen LogP contribution is -2.29. The highest BCUT2D eigenvalue weighted by molar-refractivity contribution is 5.69. The van der Waals surface area contributed by atoms with Crippen LogP contribution in [0, 0.1) is 13.8 Å². The van der Waals surface area contributed by atoms with Crippen LogP contribution in [0.4, 0.5) is 0 Å². The molecule has 0 amide bonds. The van der Waals surface area contributed by atoms with Gasteiger partial charge in [0.1, 0.15) is 0 Å². The van der Waals surface area contributed by atoms with Crippen LogP contribution < -0.4 is 0 Å². The molecule has 1 N–H and O–H groups in total. The Hall–Kier alpha value is -2.27. The fraction of sp³-hybridized carbons (Fsp3) is 0.312. The van der Waals surface area contributed by atoms with Gasteiger partial charge in [0.05, 0.1) is 17.9 Å². The lowest BCUT2D eigenvalue weighted by Gasteiger charge is -2.19. The monoisotopic (exact) mass is 285 g/mol. The second-order valence-corrected chi connectivity index (χ2v) is 5.19. The zero-order valence-corrected chi connectivity index (χ0v) is 12.3. The molecular weight excluding hydrogens is 266 g/mol. The highest BCUT2D eigenvalue weighted by Crippen LogP contribution is 2.08. The summed E-state index contributed by atoms with van der Waals surface area (Å²) < 4.78 is 0. The molecule has 21 heavy (non-hydrogen) atoms. The summed E-state index contributed by atoms with van der Waals surface area (Å²) in [6.07, 6.45) is 3.58. The molecule has 110 valence electrons. The summed E-state index contributed by atoms with van der Waals surface area (Å²) in [5, 5.41) is 9.05. The maximum Gasteiger partial charge on any atom is 0.317 e. The number of carboxylic acid groups (broad SMARTS) is 1. The molecule has 0 saturated carbocycles. The third-order valence-corrected chi connectivity index (χ3v) is 3.08. The molecule has 0 unspecified atom stereocenters. The molecule has 0 aliphatic rings. The van der Waals surface area contributed by atoms with Crippen LogP contribution in [0.1, 0.15) is 22.5 Å². The van der Waals surface area contributed by atoms with Crippen LogP contribution in [-0.2, 0) is 17.9 Å². The number of carboxylic acids is 1. The maximum atomic E-state index is 11.0. The Morgan fingerprint density at radius 2 is 1.48 bits per heavy atom. The largest absolute Gasteiger partial charge is 0.480 e. The molecular formula is C16H19N3O2. The maximum absolute atomic E-state index is 11.0. The molecule has 0 aromatic carbocycles. The molecule has 0 saturated heterocycles. The quantitative estimate of drug-likeness (QED) is 0.881. The van der Waals surface area contributed by atoms with Gasteiger partial charge < -0.3 is 5.11 Å². The number of aliphatic carboxylic acids is 1. The minimum Gasteiger partial charge on any atom is -0.480 e. The lowest BCUT2D eigenvalue weighted by molar-refractivity contribution is -0.138. The normalized spacial score (nSPS) is 10.8. The number of hydrogen-bond acceptors (Lipinski definition) is 4. The van der Waals surface area contributed by atoms with Crippen LogP contribution in [0.25, 0.3) is 0 Å². The van der Waals surface area contributed by atoms with E-state index in [0.717, 1.165) is 22.5 Å². The second kappa shape index (κ2) is 6.95. The molecule has 0 aliphatic carbocycles. The molecule has 5 nitrogen and oxygen atoms in total. The van der Waals surface area contributed by atoms with E-state index in [0.29, 0.717) is 13.1 Å². The Kier molecular flexibility index (Phi) is 5.00. The number of rotatable bonds is 6. The van der Waals surface area contributed by atoms with Crippen LogP contribution in [0.5, 0.6) is 0 Å². The van der Waals surface area contributed by atoms with Crippen molar-refractivity contribution >= 4 is 5.97 Å². The van der Waals surface area contributed by atoms with Gasteiger partial charge in [-0.1, -0.05) is 12.1 Å². The van der Waals surface area contributed by atoms with Crippen molar-refractivity contribution in [3.05, 3.63) is 59.2 Å². The van der Waals surface area contributed by atoms with Gasteiger partial charge in [-0.05, 0) is 37.1 Å². The van der Waals surface area contributed by atoms with Gasteiger partial charge in [-0.3, -0.25) is 19.7 Å². The van der Waals surface area contributed by atoms with E-state index in [-0.39, 0.29) is 6.54 Å². The van der Waals surface area contributed by atoms with E-state index in [1.807, 2.05) is 43.0 Å². The van der Waals surface area contributed by atoms with Crippen molar-refractivity contribution in [2.24, 2.45) is 0 Å². The van der Waals surface area contributed by atoms with Crippen LogP contribution in [0.2, 0.25) is 0 Å². The Morgan fingerprint density at radius 1 is 1.00 bits per heavy atom. The van der Waals surface area contributed by atoms with Gasteiger partial charge in [0, 0.05) is 25.5 Å². The average molecular weight is 285 g/mol. The van der Waals surface area contributed by atoms with E-state index >= 15 is 0 Å². The lowest BCUT2D eigenvalue weighted by atomic mass is 10.2. The van der Waals surface area contributed by atoms with E-state index in [2.05, 4.69) is 9.97 Å². The highest BCUT2D eigenvalue weighted by Gasteiger charge is 2.12. The number of hydrogen-bond donors (Lipinski definition) is 1. The number of carbonyl (C=O) groups is 1. The highest BCUT2D eigenvalue weighted by atomic mass is 16.4. The molecule has 0 spiro atoms. The number of pyridine rings is 2. The summed E-state index contributed by atoms with van der Waals surface area (Å²) in [6.45, 7) is 4.89. The van der Waals surface area contributed by atoms with Gasteiger partial charge in [0.2, 0.25) is 0 Å². The third-order valence-electron chi connectivity index (χ3n) is 3.08. The summed E-state index contributed by atoms with van der Waals surface area (Å²) in [5.41, 5.74) is 3.88. The Balaban J connectivity index is 2.08. The standard InChI is InChI=1S/C16H19N3O2/c1-12-3-5-14(17-7-12)9-19(11-16(20)21)10-15-6-4-13(2)8-18-15/h3-8H,9-11H2,1-2H3,(H,20,21). The first kappa shape index (κ1) is 15.1. The molecule has 0 bridgehead atoms. The van der Waals surface area contributed by atoms with Crippen LogP contribution in [0.15, 0.2) is 36.7 Å². The van der Waals surface area contributed by atoms with E-state index in [9.17, 15) is 4.79 Å². The van der Waals surface area contributed by atoms with Gasteiger partial charge in [-0.2, -0.15) is 0 Å². The van der Waals surface area contributed by atoms with Gasteiger partial charge >= 0.3 is 5.97 Å². The minimum absolute atomic E-state index is 0.0366. The first-order valence-corrected chi connectivity index (χ1v) is 6.80. The predicted molar refractivity (Wildman–Crippen MR) is 79.7 cm³/mol. The molecule has 0 fully saturated rings. The molecule has 2 aromatic heterocycles. The summed E-state index contributed by atoms with van der Waals surface area (Å²) in [7, 11) is 0. The first-order chi connectivity index (χ1) is 10.0. The van der Waals surface area contributed by atoms with Gasteiger partial charge in [-0.15, -0.1) is 0 Å². The summed E-state index contributed by atoms with van der Waals surface area (Å²) >= 11 is 0. The van der Waals surface area contributed by atoms with Crippen molar-refractivity contribution < 1.29 is 9.90 Å². The Morgan fingerprint density at radius 3 is 1.81 bits per heavy atom. The van der Waals surface area contributed by atoms with Crippen molar-refractivity contribution in [1.82, 2.24) is 14.9 Å². The Bertz CT molecular complexity index is 546. The number of aryl methyl sites for hydroxylation is 2. The fourth-order valence-corrected chi connectivity index (χ4v) is 2.00. The third kappa shape index (κ3) is 4.96. The van der Waals surface area contributed by atoms with E-state index in [1.54, 1.807) is 12.4 Å². The molecule has 2 rings (SSSR count). The van der Waals surface area contributed by atoms with Crippen molar-refractivity contribution in [3.63, 3.8) is 0 Å². The topological polar surface area (TPSA) is 66.3 Å². The molecule has 0 radical (unpaired) electrons. The number of aromatic nitrogens is 2. The molecule has 0 atom stereocenters. The van der Waals surface area contributed by atoms with Crippen LogP contribution in [-0.4, -0.2) is 32.5 Å². The zero-order valence-electron chi connectivity index (χ0n) is 12.3. The van der Waals surface area contributed by atoms with Gasteiger partial charge in [-0.25, -0.2) is 0 Å². The molecule has 2 aromatic rings. The number of nitrogens with zero attached hydrogens (tertiary/aromatic N) is 3. The smallest absolute Gasteiger partial charge is 0.317 e. The van der Waals surface area contributed by atoms with Crippen LogP contribution in [0.3, 0.4) is 0 Å². The van der Waals surface area contributed by atoms with Crippen LogP contribution >= 0.6 is 0 Å². The zero-order chi connectivity index (χ0) is 15.2. The van der Waals surface area contributed by atoms with Gasteiger partial charge in [0.15, 0.2) is 0 Å². The minimum atomic E-state index is -0.853.